The van der Waals surface area contributed by atoms with Crippen molar-refractivity contribution in [2.24, 2.45) is 0 Å². The zero-order valence-corrected chi connectivity index (χ0v) is 12.2. The highest BCUT2D eigenvalue weighted by molar-refractivity contribution is 7.46. The van der Waals surface area contributed by atoms with E-state index in [1.807, 2.05) is 0 Å². The standard InChI is InChI=1S/C10H12N5O7P/c11-7-2-8(13-1-12-7)15-9(14-2)6(22-23(18,19)20)5-3(16)4(17)10(15)21-5/h1,3-6,10,16-17H,(H2,11,12,13)(H2,18,19,20)/t3?,4?,5-,6+,10+/m0/s1. The summed E-state index contributed by atoms with van der Waals surface area (Å²) in [4.78, 5) is 30.2. The van der Waals surface area contributed by atoms with E-state index in [-0.39, 0.29) is 22.8 Å². The first-order chi connectivity index (χ1) is 10.8. The number of aromatic nitrogens is 4. The van der Waals surface area contributed by atoms with Crippen molar-refractivity contribution >= 4 is 24.8 Å². The van der Waals surface area contributed by atoms with Crippen LogP contribution in [-0.2, 0) is 13.8 Å². The van der Waals surface area contributed by atoms with Crippen molar-refractivity contribution in [3.8, 4) is 0 Å². The summed E-state index contributed by atoms with van der Waals surface area (Å²) in [6, 6.07) is 0. The van der Waals surface area contributed by atoms with Gasteiger partial charge in [0.1, 0.15) is 30.5 Å². The lowest BCUT2D eigenvalue weighted by molar-refractivity contribution is -0.111. The fourth-order valence-electron chi connectivity index (χ4n) is 2.95. The van der Waals surface area contributed by atoms with Crippen LogP contribution in [0.2, 0.25) is 0 Å². The maximum atomic E-state index is 11.2. The highest BCUT2D eigenvalue weighted by atomic mass is 31.2. The van der Waals surface area contributed by atoms with E-state index in [4.69, 9.17) is 24.8 Å². The van der Waals surface area contributed by atoms with Crippen molar-refractivity contribution in [1.82, 2.24) is 19.5 Å². The first kappa shape index (κ1) is 14.9. The van der Waals surface area contributed by atoms with Gasteiger partial charge in [-0.05, 0) is 0 Å². The molecule has 2 unspecified atom stereocenters. The molecule has 1 saturated heterocycles. The Hall–Kier alpha value is -1.66. The second kappa shape index (κ2) is 4.68. The molecule has 23 heavy (non-hydrogen) atoms. The number of nitrogens with zero attached hydrogens (tertiary/aromatic N) is 4. The smallest absolute Gasteiger partial charge is 0.387 e. The fourth-order valence-corrected chi connectivity index (χ4v) is 3.46. The van der Waals surface area contributed by atoms with Gasteiger partial charge in [-0.15, -0.1) is 0 Å². The van der Waals surface area contributed by atoms with E-state index in [0.717, 1.165) is 0 Å². The van der Waals surface area contributed by atoms with Crippen LogP contribution in [-0.4, -0.2) is 57.8 Å². The Bertz CT molecular complexity index is 836. The summed E-state index contributed by atoms with van der Waals surface area (Å²) in [5.74, 6) is 0.0881. The number of hydrogen-bond donors (Lipinski definition) is 5. The number of nitrogens with two attached hydrogens (primary N) is 1. The van der Waals surface area contributed by atoms with Crippen molar-refractivity contribution in [3.05, 3.63) is 12.2 Å². The van der Waals surface area contributed by atoms with Gasteiger partial charge in [0.25, 0.3) is 0 Å². The lowest BCUT2D eigenvalue weighted by Crippen LogP contribution is -2.35. The minimum absolute atomic E-state index is 0.0346. The number of phosphoric ester groups is 1. The summed E-state index contributed by atoms with van der Waals surface area (Å²) in [5.41, 5.74) is 6.10. The average Bonchev–Trinajstić information content (AvgIpc) is 2.96. The maximum Gasteiger partial charge on any atom is 0.470 e. The number of aliphatic hydroxyl groups excluding tert-OH is 2. The minimum Gasteiger partial charge on any atom is -0.387 e. The van der Waals surface area contributed by atoms with E-state index < -0.39 is 38.5 Å². The Morgan fingerprint density at radius 3 is 2.74 bits per heavy atom. The molecule has 2 aliphatic rings. The third kappa shape index (κ3) is 2.08. The van der Waals surface area contributed by atoms with Gasteiger partial charge in [-0.2, -0.15) is 0 Å². The van der Waals surface area contributed by atoms with E-state index in [2.05, 4.69) is 15.0 Å². The molecule has 0 aliphatic carbocycles. The monoisotopic (exact) mass is 345 g/mol. The number of hydrogen-bond acceptors (Lipinski definition) is 9. The molecule has 2 aromatic rings. The number of rotatable bonds is 2. The van der Waals surface area contributed by atoms with Gasteiger partial charge >= 0.3 is 7.82 Å². The number of nitrogen functional groups attached to an aromatic ring is 1. The molecule has 2 aromatic heterocycles. The Morgan fingerprint density at radius 1 is 1.30 bits per heavy atom. The number of fused-ring (bicyclic) bond motifs is 6. The number of anilines is 1. The van der Waals surface area contributed by atoms with Gasteiger partial charge in [-0.1, -0.05) is 0 Å². The molecule has 0 amide bonds. The molecular formula is C10H12N5O7P. The second-order valence-corrected chi connectivity index (χ2v) is 6.45. The van der Waals surface area contributed by atoms with Crippen molar-refractivity contribution in [1.29, 1.82) is 0 Å². The Kier molecular flexibility index (Phi) is 3.03. The molecule has 4 heterocycles. The Morgan fingerprint density at radius 2 is 2.04 bits per heavy atom. The van der Waals surface area contributed by atoms with Gasteiger partial charge in [0, 0.05) is 0 Å². The number of ether oxygens (including phenoxy) is 1. The third-order valence-electron chi connectivity index (χ3n) is 3.87. The predicted octanol–water partition coefficient (Wildman–Crippen LogP) is -1.81. The van der Waals surface area contributed by atoms with Gasteiger partial charge in [-0.3, -0.25) is 9.09 Å². The minimum atomic E-state index is -4.92. The van der Waals surface area contributed by atoms with Gasteiger partial charge in [0.2, 0.25) is 0 Å². The summed E-state index contributed by atoms with van der Waals surface area (Å²) in [6.45, 7) is 0. The molecule has 0 radical (unpaired) electrons. The van der Waals surface area contributed by atoms with Crippen molar-refractivity contribution in [3.63, 3.8) is 0 Å². The molecule has 2 bridgehead atoms. The number of aliphatic hydroxyl groups is 2. The van der Waals surface area contributed by atoms with Gasteiger partial charge in [-0.25, -0.2) is 19.5 Å². The normalized spacial score (nSPS) is 33.1. The molecule has 13 heteroatoms. The second-order valence-electron chi connectivity index (χ2n) is 5.26. The molecule has 4 rings (SSSR count). The predicted molar refractivity (Wildman–Crippen MR) is 71.5 cm³/mol. The lowest BCUT2D eigenvalue weighted by atomic mass is 10.1. The Balaban J connectivity index is 1.96. The van der Waals surface area contributed by atoms with E-state index in [1.165, 1.54) is 10.9 Å². The van der Waals surface area contributed by atoms with E-state index in [1.54, 1.807) is 0 Å². The fraction of sp³-hybridized carbons (Fsp3) is 0.500. The van der Waals surface area contributed by atoms with Crippen molar-refractivity contribution in [2.45, 2.75) is 30.6 Å². The van der Waals surface area contributed by atoms with Crippen LogP contribution in [0.5, 0.6) is 0 Å². The van der Waals surface area contributed by atoms with Gasteiger partial charge in [0.15, 0.2) is 29.3 Å². The molecular weight excluding hydrogens is 333 g/mol. The molecule has 124 valence electrons. The highest BCUT2D eigenvalue weighted by Crippen LogP contribution is 2.51. The topological polar surface area (TPSA) is 186 Å². The van der Waals surface area contributed by atoms with Crippen molar-refractivity contribution in [2.75, 3.05) is 5.73 Å². The molecule has 6 N–H and O–H groups in total. The van der Waals surface area contributed by atoms with Crippen LogP contribution < -0.4 is 5.73 Å². The molecule has 12 nitrogen and oxygen atoms in total. The van der Waals surface area contributed by atoms with Crippen LogP contribution in [0, 0.1) is 0 Å². The average molecular weight is 345 g/mol. The summed E-state index contributed by atoms with van der Waals surface area (Å²) >= 11 is 0. The molecule has 0 aromatic carbocycles. The summed E-state index contributed by atoms with van der Waals surface area (Å²) < 4.78 is 22.7. The lowest BCUT2D eigenvalue weighted by Gasteiger charge is -2.30. The summed E-state index contributed by atoms with van der Waals surface area (Å²) in [6.07, 6.45) is -5.21. The van der Waals surface area contributed by atoms with Crippen LogP contribution in [0.4, 0.5) is 5.82 Å². The van der Waals surface area contributed by atoms with E-state index in [0.29, 0.717) is 0 Å². The van der Waals surface area contributed by atoms with E-state index >= 15 is 0 Å². The van der Waals surface area contributed by atoms with Crippen LogP contribution in [0.25, 0.3) is 11.2 Å². The van der Waals surface area contributed by atoms with Gasteiger partial charge in [0.05, 0.1) is 0 Å². The SMILES string of the molecule is Nc1ncnc2c1nc1n2[C@@H]2O[C@@H](C(O)C2O)[C@H]1OP(=O)(O)O. The molecule has 5 atom stereocenters. The van der Waals surface area contributed by atoms with E-state index in [9.17, 15) is 14.8 Å². The van der Waals surface area contributed by atoms with Crippen LogP contribution in [0.15, 0.2) is 6.33 Å². The van der Waals surface area contributed by atoms with Crippen LogP contribution in [0.1, 0.15) is 18.2 Å². The van der Waals surface area contributed by atoms with Crippen molar-refractivity contribution < 1.29 is 33.8 Å². The largest absolute Gasteiger partial charge is 0.470 e. The first-order valence-electron chi connectivity index (χ1n) is 6.52. The number of imidazole rings is 1. The third-order valence-corrected chi connectivity index (χ3v) is 4.37. The zero-order chi connectivity index (χ0) is 16.5. The first-order valence-corrected chi connectivity index (χ1v) is 8.05. The summed E-state index contributed by atoms with van der Waals surface area (Å²) in [7, 11) is -4.92. The molecule has 2 aliphatic heterocycles. The Labute approximate surface area is 127 Å². The number of phosphoric acid groups is 1. The molecule has 0 saturated carbocycles. The molecule has 0 spiro atoms. The quantitative estimate of drug-likeness (QED) is 0.386. The maximum absolute atomic E-state index is 11.2. The van der Waals surface area contributed by atoms with Crippen LogP contribution in [0.3, 0.4) is 0 Å². The van der Waals surface area contributed by atoms with Crippen LogP contribution >= 0.6 is 7.82 Å². The van der Waals surface area contributed by atoms with Gasteiger partial charge < -0.3 is 30.5 Å². The summed E-state index contributed by atoms with van der Waals surface area (Å²) in [5, 5.41) is 20.2. The molecule has 1 fully saturated rings. The highest BCUT2D eigenvalue weighted by Gasteiger charge is 2.56. The zero-order valence-electron chi connectivity index (χ0n) is 11.3.